The second-order valence-corrected chi connectivity index (χ2v) is 11.7. The fourth-order valence-electron chi connectivity index (χ4n) is 5.13. The third-order valence-corrected chi connectivity index (χ3v) is 8.27. The van der Waals surface area contributed by atoms with Gasteiger partial charge in [0.1, 0.15) is 17.8 Å². The Bertz CT molecular complexity index is 1530. The zero-order valence-electron chi connectivity index (χ0n) is 24.5. The van der Waals surface area contributed by atoms with Crippen LogP contribution in [0.5, 0.6) is 5.75 Å². The Kier molecular flexibility index (Phi) is 10.6. The van der Waals surface area contributed by atoms with Gasteiger partial charge >= 0.3 is 5.97 Å². The van der Waals surface area contributed by atoms with Gasteiger partial charge in [0.25, 0.3) is 0 Å². The molecular formula is C32H37BrN4O6. The van der Waals surface area contributed by atoms with Crippen molar-refractivity contribution < 1.29 is 29.0 Å². The fourth-order valence-corrected chi connectivity index (χ4v) is 5.52. The zero-order valence-corrected chi connectivity index (χ0v) is 26.1. The van der Waals surface area contributed by atoms with E-state index < -0.39 is 35.9 Å². The first-order chi connectivity index (χ1) is 20.5. The van der Waals surface area contributed by atoms with E-state index in [1.807, 2.05) is 43.5 Å². The highest BCUT2D eigenvalue weighted by Gasteiger charge is 2.33. The molecule has 10 nitrogen and oxygen atoms in total. The van der Waals surface area contributed by atoms with Crippen LogP contribution in [-0.2, 0) is 30.3 Å². The summed E-state index contributed by atoms with van der Waals surface area (Å²) in [6.45, 7) is 3.66. The molecule has 0 bridgehead atoms. The van der Waals surface area contributed by atoms with Crippen LogP contribution in [0.2, 0.25) is 0 Å². The van der Waals surface area contributed by atoms with E-state index in [0.29, 0.717) is 22.9 Å². The van der Waals surface area contributed by atoms with Crippen LogP contribution >= 0.6 is 15.9 Å². The molecule has 1 aliphatic heterocycles. The second kappa shape index (κ2) is 14.4. The molecule has 0 fully saturated rings. The number of halogens is 1. The molecule has 0 saturated heterocycles. The summed E-state index contributed by atoms with van der Waals surface area (Å²) in [7, 11) is 1.54. The number of nitrogens with zero attached hydrogens (tertiary/aromatic N) is 1. The van der Waals surface area contributed by atoms with Crippen LogP contribution in [0, 0.1) is 0 Å². The number of allylic oxidation sites excluding steroid dienone is 1. The summed E-state index contributed by atoms with van der Waals surface area (Å²) in [6, 6.07) is 9.75. The maximum Gasteiger partial charge on any atom is 0.308 e. The third-order valence-electron chi connectivity index (χ3n) is 7.64. The number of cyclic esters (lactones) is 1. The number of para-hydroxylation sites is 1. The number of H-pyrrole nitrogens is 1. The van der Waals surface area contributed by atoms with E-state index in [-0.39, 0.29) is 37.5 Å². The Balaban J connectivity index is 1.70. The maximum absolute atomic E-state index is 14.1. The van der Waals surface area contributed by atoms with E-state index in [1.165, 1.54) is 18.0 Å². The molecule has 2 heterocycles. The first-order valence-corrected chi connectivity index (χ1v) is 15.0. The zero-order chi connectivity index (χ0) is 31.1. The van der Waals surface area contributed by atoms with Crippen molar-refractivity contribution in [2.24, 2.45) is 0 Å². The average molecular weight is 654 g/mol. The number of ether oxygens (including phenoxy) is 1. The summed E-state index contributed by atoms with van der Waals surface area (Å²) in [5.41, 5.74) is 3.27. The number of phenols is 1. The highest BCUT2D eigenvalue weighted by Crippen LogP contribution is 2.29. The van der Waals surface area contributed by atoms with Crippen LogP contribution in [0.15, 0.2) is 64.8 Å². The molecule has 11 heteroatoms. The van der Waals surface area contributed by atoms with Gasteiger partial charge in [-0.05, 0) is 71.9 Å². The quantitative estimate of drug-likeness (QED) is 0.244. The molecule has 0 saturated carbocycles. The normalized spacial score (nSPS) is 23.0. The number of nitrogens with one attached hydrogen (secondary N) is 3. The van der Waals surface area contributed by atoms with Gasteiger partial charge in [-0.2, -0.15) is 0 Å². The molecule has 3 aromatic rings. The molecule has 0 spiro atoms. The summed E-state index contributed by atoms with van der Waals surface area (Å²) in [4.78, 5) is 57.7. The number of carbonyl (C=O) groups excluding carboxylic acids is 4. The molecule has 3 unspecified atom stereocenters. The Morgan fingerprint density at radius 2 is 1.84 bits per heavy atom. The predicted molar refractivity (Wildman–Crippen MR) is 166 cm³/mol. The molecule has 4 N–H and O–H groups in total. The van der Waals surface area contributed by atoms with E-state index in [4.69, 9.17) is 4.74 Å². The van der Waals surface area contributed by atoms with Crippen molar-refractivity contribution in [3.05, 3.63) is 75.9 Å². The molecule has 2 aromatic carbocycles. The Hall–Kier alpha value is -4.12. The highest BCUT2D eigenvalue weighted by atomic mass is 79.9. The maximum atomic E-state index is 14.1. The van der Waals surface area contributed by atoms with Crippen LogP contribution in [-0.4, -0.2) is 64.4 Å². The second-order valence-electron chi connectivity index (χ2n) is 10.9. The summed E-state index contributed by atoms with van der Waals surface area (Å²) in [5, 5.41) is 16.7. The summed E-state index contributed by atoms with van der Waals surface area (Å²) < 4.78 is 5.87. The van der Waals surface area contributed by atoms with Crippen LogP contribution in [0.1, 0.15) is 56.7 Å². The molecule has 3 atom stereocenters. The standard InChI is InChI=1S/C32H37BrN4O6/c1-19-7-6-14-43-30(40)17-26(21-11-12-28(38)24(33)15-21)36-31(41)27(16-22-18-34-25-9-5-4-8-23(22)25)37(3)32(42)20(2)35-29(39)13-10-19/h4-5,7-9,11-12,15,18,20,26-27,34,38H,6,10,13-14,16-17H2,1-3H3,(H,35,39)(H,36,41)/b19-7+. The number of likely N-dealkylation sites (N-methyl/N-ethyl adjacent to an activating group) is 1. The summed E-state index contributed by atoms with van der Waals surface area (Å²) in [6.07, 6.45) is 4.93. The van der Waals surface area contributed by atoms with Gasteiger partial charge in [-0.15, -0.1) is 0 Å². The van der Waals surface area contributed by atoms with Crippen molar-refractivity contribution in [2.45, 2.75) is 64.1 Å². The highest BCUT2D eigenvalue weighted by molar-refractivity contribution is 9.10. The van der Waals surface area contributed by atoms with E-state index in [1.54, 1.807) is 19.1 Å². The molecule has 3 amide bonds. The van der Waals surface area contributed by atoms with Gasteiger partial charge in [-0.1, -0.05) is 35.9 Å². The average Bonchev–Trinajstić information content (AvgIpc) is 3.39. The van der Waals surface area contributed by atoms with Crippen molar-refractivity contribution in [1.82, 2.24) is 20.5 Å². The van der Waals surface area contributed by atoms with Crippen molar-refractivity contribution in [3.63, 3.8) is 0 Å². The predicted octanol–water partition coefficient (Wildman–Crippen LogP) is 4.43. The third kappa shape index (κ3) is 8.25. The minimum absolute atomic E-state index is 0.0126. The number of fused-ring (bicyclic) bond motifs is 1. The minimum Gasteiger partial charge on any atom is -0.507 e. The number of hydrogen-bond acceptors (Lipinski definition) is 6. The number of benzene rings is 2. The van der Waals surface area contributed by atoms with Gasteiger partial charge in [0.05, 0.1) is 23.5 Å². The number of aromatic nitrogens is 1. The van der Waals surface area contributed by atoms with Gasteiger partial charge in [0.15, 0.2) is 0 Å². The molecular weight excluding hydrogens is 616 g/mol. The number of hydrogen-bond donors (Lipinski definition) is 4. The van der Waals surface area contributed by atoms with Crippen LogP contribution < -0.4 is 10.6 Å². The van der Waals surface area contributed by atoms with E-state index in [2.05, 4.69) is 31.5 Å². The fraction of sp³-hybridized carbons (Fsp3) is 0.375. The lowest BCUT2D eigenvalue weighted by molar-refractivity contribution is -0.145. The molecule has 1 aromatic heterocycles. The Labute approximate surface area is 259 Å². The smallest absolute Gasteiger partial charge is 0.308 e. The monoisotopic (exact) mass is 652 g/mol. The van der Waals surface area contributed by atoms with Crippen molar-refractivity contribution in [3.8, 4) is 5.75 Å². The first kappa shape index (κ1) is 31.8. The number of amides is 3. The van der Waals surface area contributed by atoms with Gasteiger partial charge in [0, 0.05) is 37.0 Å². The van der Waals surface area contributed by atoms with Gasteiger partial charge in [-0.3, -0.25) is 19.2 Å². The van der Waals surface area contributed by atoms with Gasteiger partial charge in [0.2, 0.25) is 17.7 Å². The van der Waals surface area contributed by atoms with E-state index >= 15 is 0 Å². The number of esters is 1. The Morgan fingerprint density at radius 1 is 1.07 bits per heavy atom. The van der Waals surface area contributed by atoms with Crippen LogP contribution in [0.4, 0.5) is 0 Å². The number of aromatic hydroxyl groups is 1. The lowest BCUT2D eigenvalue weighted by Gasteiger charge is -2.31. The molecule has 1 aliphatic rings. The summed E-state index contributed by atoms with van der Waals surface area (Å²) in [5.74, 6) is -1.68. The Morgan fingerprint density at radius 3 is 2.60 bits per heavy atom. The molecule has 4 rings (SSSR count). The van der Waals surface area contributed by atoms with Crippen molar-refractivity contribution in [1.29, 1.82) is 0 Å². The lowest BCUT2D eigenvalue weighted by atomic mass is 9.99. The first-order valence-electron chi connectivity index (χ1n) is 14.2. The van der Waals surface area contributed by atoms with Crippen LogP contribution in [0.3, 0.4) is 0 Å². The van der Waals surface area contributed by atoms with Gasteiger partial charge in [-0.25, -0.2) is 0 Å². The van der Waals surface area contributed by atoms with Crippen molar-refractivity contribution in [2.75, 3.05) is 13.7 Å². The molecule has 228 valence electrons. The minimum atomic E-state index is -0.978. The largest absolute Gasteiger partial charge is 0.507 e. The SMILES string of the molecule is C/C1=C\CCOC(=O)CC(c2ccc(O)c(Br)c2)NC(=O)C(Cc2c[nH]c3ccccc23)N(C)C(=O)C(C)NC(=O)CC1. The van der Waals surface area contributed by atoms with E-state index in [0.717, 1.165) is 22.0 Å². The topological polar surface area (TPSA) is 141 Å². The summed E-state index contributed by atoms with van der Waals surface area (Å²) >= 11 is 3.31. The lowest BCUT2D eigenvalue weighted by Crippen LogP contribution is -2.54. The number of phenolic OH excluding ortho intramolecular Hbond substituents is 1. The van der Waals surface area contributed by atoms with Crippen molar-refractivity contribution >= 4 is 50.5 Å². The number of carbonyl (C=O) groups is 4. The van der Waals surface area contributed by atoms with E-state index in [9.17, 15) is 24.3 Å². The molecule has 0 radical (unpaired) electrons. The van der Waals surface area contributed by atoms with Crippen LogP contribution in [0.25, 0.3) is 10.9 Å². The molecule has 43 heavy (non-hydrogen) atoms. The molecule has 0 aliphatic carbocycles. The van der Waals surface area contributed by atoms with Gasteiger partial charge < -0.3 is 30.4 Å². The number of aromatic amines is 1. The number of rotatable bonds is 3.